The molecule has 5 nitrogen and oxygen atoms in total. The molecule has 0 saturated carbocycles. The van der Waals surface area contributed by atoms with Gasteiger partial charge in [-0.1, -0.05) is 12.1 Å². The van der Waals surface area contributed by atoms with E-state index in [0.29, 0.717) is 22.7 Å². The first kappa shape index (κ1) is 21.4. The van der Waals surface area contributed by atoms with Crippen molar-refractivity contribution < 1.29 is 32.2 Å². The van der Waals surface area contributed by atoms with Crippen LogP contribution in [0, 0.1) is 13.8 Å². The molecule has 0 spiro atoms. The Morgan fingerprint density at radius 1 is 1.04 bits per heavy atom. The van der Waals surface area contributed by atoms with E-state index in [-0.39, 0.29) is 24.7 Å². The fourth-order valence-electron chi connectivity index (χ4n) is 2.43. The molecule has 0 aromatic heterocycles. The summed E-state index contributed by atoms with van der Waals surface area (Å²) in [5.41, 5.74) is 1.82. The van der Waals surface area contributed by atoms with Gasteiger partial charge in [0.25, 0.3) is 0 Å². The average molecular weight is 397 g/mol. The van der Waals surface area contributed by atoms with Gasteiger partial charge < -0.3 is 19.5 Å². The van der Waals surface area contributed by atoms with Crippen LogP contribution in [0.5, 0.6) is 17.2 Å². The first-order chi connectivity index (χ1) is 13.2. The molecule has 1 N–H and O–H groups in total. The van der Waals surface area contributed by atoms with Crippen LogP contribution in [0.15, 0.2) is 36.4 Å². The van der Waals surface area contributed by atoms with E-state index in [1.54, 1.807) is 19.1 Å². The average Bonchev–Trinajstić information content (AvgIpc) is 2.62. The van der Waals surface area contributed by atoms with Gasteiger partial charge in [-0.2, -0.15) is 13.2 Å². The van der Waals surface area contributed by atoms with Crippen molar-refractivity contribution in [2.24, 2.45) is 0 Å². The van der Waals surface area contributed by atoms with Crippen LogP contribution in [0.3, 0.4) is 0 Å². The fourth-order valence-corrected chi connectivity index (χ4v) is 2.43. The largest absolute Gasteiger partial charge is 0.493 e. The fraction of sp³-hybridized carbons (Fsp3) is 0.350. The van der Waals surface area contributed by atoms with Crippen LogP contribution in [0.25, 0.3) is 0 Å². The maximum absolute atomic E-state index is 12.3. The highest BCUT2D eigenvalue weighted by molar-refractivity contribution is 5.91. The smallest absolute Gasteiger partial charge is 0.422 e. The zero-order chi connectivity index (χ0) is 20.7. The Hall–Kier alpha value is -2.90. The molecule has 0 atom stereocenters. The molecule has 0 fully saturated rings. The van der Waals surface area contributed by atoms with Crippen molar-refractivity contribution in [2.45, 2.75) is 26.4 Å². The number of carbonyl (C=O) groups excluding carboxylic acids is 1. The normalized spacial score (nSPS) is 11.1. The van der Waals surface area contributed by atoms with Crippen LogP contribution >= 0.6 is 0 Å². The molecule has 0 saturated heterocycles. The van der Waals surface area contributed by atoms with Crippen LogP contribution < -0.4 is 19.5 Å². The summed E-state index contributed by atoms with van der Waals surface area (Å²) in [6, 6.07) is 9.99. The third kappa shape index (κ3) is 6.37. The van der Waals surface area contributed by atoms with E-state index in [1.807, 2.05) is 19.1 Å². The Bertz CT molecular complexity index is 822. The summed E-state index contributed by atoms with van der Waals surface area (Å²) in [4.78, 5) is 12.1. The van der Waals surface area contributed by atoms with Gasteiger partial charge in [0.15, 0.2) is 18.1 Å². The number of halogens is 3. The first-order valence-electron chi connectivity index (χ1n) is 8.56. The van der Waals surface area contributed by atoms with E-state index in [1.165, 1.54) is 19.2 Å². The van der Waals surface area contributed by atoms with Gasteiger partial charge in [-0.3, -0.25) is 4.79 Å². The van der Waals surface area contributed by atoms with Crippen molar-refractivity contribution >= 4 is 11.6 Å². The molecule has 2 rings (SSSR count). The molecule has 28 heavy (non-hydrogen) atoms. The van der Waals surface area contributed by atoms with Crippen molar-refractivity contribution in [3.05, 3.63) is 47.5 Å². The van der Waals surface area contributed by atoms with Crippen LogP contribution in [0.4, 0.5) is 18.9 Å². The van der Waals surface area contributed by atoms with Crippen molar-refractivity contribution in [1.29, 1.82) is 0 Å². The molecule has 152 valence electrons. The van der Waals surface area contributed by atoms with E-state index in [2.05, 4.69) is 5.32 Å². The number of amides is 1. The van der Waals surface area contributed by atoms with Crippen LogP contribution in [0.2, 0.25) is 0 Å². The van der Waals surface area contributed by atoms with E-state index in [9.17, 15) is 18.0 Å². The summed E-state index contributed by atoms with van der Waals surface area (Å²) in [5, 5.41) is 2.66. The van der Waals surface area contributed by atoms with Crippen LogP contribution in [-0.4, -0.2) is 32.4 Å². The number of alkyl halides is 3. The molecular formula is C20H22F3NO4. The van der Waals surface area contributed by atoms with Gasteiger partial charge in [0.05, 0.1) is 20.1 Å². The number of hydrogen-bond donors (Lipinski definition) is 1. The number of nitrogens with one attached hydrogen (secondary N) is 1. The van der Waals surface area contributed by atoms with Crippen LogP contribution in [0.1, 0.15) is 17.5 Å². The predicted octanol–water partition coefficient (Wildman–Crippen LogP) is 4.66. The second kappa shape index (κ2) is 9.34. The standard InChI is InChI=1S/C20H22F3NO4/c1-13-7-8-17(18(11-13)26-3)27-10-9-19(25)24-15-5-4-6-16(14(15)2)28-12-20(21,22)23/h4-8,11H,9-10,12H2,1-3H3,(H,24,25). The predicted molar refractivity (Wildman–Crippen MR) is 99.2 cm³/mol. The topological polar surface area (TPSA) is 56.8 Å². The summed E-state index contributed by atoms with van der Waals surface area (Å²) in [5.74, 6) is 0.836. The van der Waals surface area contributed by atoms with Crippen molar-refractivity contribution in [3.63, 3.8) is 0 Å². The Morgan fingerprint density at radius 2 is 1.79 bits per heavy atom. The van der Waals surface area contributed by atoms with Gasteiger partial charge >= 0.3 is 6.18 Å². The highest BCUT2D eigenvalue weighted by atomic mass is 19.4. The molecule has 0 radical (unpaired) electrons. The molecule has 0 aliphatic heterocycles. The van der Waals surface area contributed by atoms with Crippen LogP contribution in [-0.2, 0) is 4.79 Å². The zero-order valence-corrected chi connectivity index (χ0v) is 15.9. The molecule has 2 aromatic rings. The van der Waals surface area contributed by atoms with E-state index in [4.69, 9.17) is 14.2 Å². The first-order valence-corrected chi connectivity index (χ1v) is 8.56. The lowest BCUT2D eigenvalue weighted by molar-refractivity contribution is -0.153. The molecule has 8 heteroatoms. The van der Waals surface area contributed by atoms with E-state index in [0.717, 1.165) is 5.56 Å². The number of rotatable bonds is 8. The van der Waals surface area contributed by atoms with Gasteiger partial charge in [0, 0.05) is 11.3 Å². The SMILES string of the molecule is COc1cc(C)ccc1OCCC(=O)Nc1cccc(OCC(F)(F)F)c1C. The number of anilines is 1. The van der Waals surface area contributed by atoms with Gasteiger partial charge in [-0.25, -0.2) is 0 Å². The number of benzene rings is 2. The number of methoxy groups -OCH3 is 1. The molecule has 0 unspecified atom stereocenters. The van der Waals surface area contributed by atoms with Crippen molar-refractivity contribution in [3.8, 4) is 17.2 Å². The number of hydrogen-bond acceptors (Lipinski definition) is 4. The van der Waals surface area contributed by atoms with Gasteiger partial charge in [0.1, 0.15) is 5.75 Å². The minimum absolute atomic E-state index is 0.0596. The molecule has 0 aliphatic carbocycles. The minimum atomic E-state index is -4.43. The molecular weight excluding hydrogens is 375 g/mol. The Kier molecular flexibility index (Phi) is 7.14. The number of aryl methyl sites for hydroxylation is 1. The summed E-state index contributed by atoms with van der Waals surface area (Å²) >= 11 is 0. The maximum atomic E-state index is 12.3. The van der Waals surface area contributed by atoms with E-state index < -0.39 is 12.8 Å². The Balaban J connectivity index is 1.91. The van der Waals surface area contributed by atoms with Crippen molar-refractivity contribution in [2.75, 3.05) is 25.6 Å². The third-order valence-electron chi connectivity index (χ3n) is 3.86. The zero-order valence-electron chi connectivity index (χ0n) is 15.9. The summed E-state index contributed by atoms with van der Waals surface area (Å²) in [6.45, 7) is 2.23. The lowest BCUT2D eigenvalue weighted by Gasteiger charge is -2.15. The second-order valence-corrected chi connectivity index (χ2v) is 6.13. The third-order valence-corrected chi connectivity index (χ3v) is 3.86. The molecule has 0 heterocycles. The molecule has 0 bridgehead atoms. The van der Waals surface area contributed by atoms with Gasteiger partial charge in [-0.05, 0) is 43.7 Å². The minimum Gasteiger partial charge on any atom is -0.493 e. The summed E-state index contributed by atoms with van der Waals surface area (Å²) < 4.78 is 52.6. The lowest BCUT2D eigenvalue weighted by Crippen LogP contribution is -2.20. The monoisotopic (exact) mass is 397 g/mol. The second-order valence-electron chi connectivity index (χ2n) is 6.13. The molecule has 0 aliphatic rings. The maximum Gasteiger partial charge on any atom is 0.422 e. The summed E-state index contributed by atoms with van der Waals surface area (Å²) in [6.07, 6.45) is -4.37. The van der Waals surface area contributed by atoms with Gasteiger partial charge in [0.2, 0.25) is 5.91 Å². The molecule has 2 aromatic carbocycles. The Morgan fingerprint density at radius 3 is 2.46 bits per heavy atom. The van der Waals surface area contributed by atoms with Crippen molar-refractivity contribution in [1.82, 2.24) is 0 Å². The number of ether oxygens (including phenoxy) is 3. The highest BCUT2D eigenvalue weighted by Crippen LogP contribution is 2.29. The lowest BCUT2D eigenvalue weighted by atomic mass is 10.1. The van der Waals surface area contributed by atoms with Gasteiger partial charge in [-0.15, -0.1) is 0 Å². The quantitative estimate of drug-likeness (QED) is 0.704. The summed E-state index contributed by atoms with van der Waals surface area (Å²) in [7, 11) is 1.53. The van der Waals surface area contributed by atoms with E-state index >= 15 is 0 Å². The molecule has 1 amide bonds. The Labute approximate surface area is 161 Å². The highest BCUT2D eigenvalue weighted by Gasteiger charge is 2.28. The number of carbonyl (C=O) groups is 1.